The molecule has 1 N–H and O–H groups in total. The number of methoxy groups -OCH3 is 1. The zero-order valence-corrected chi connectivity index (χ0v) is 10.7. The van der Waals surface area contributed by atoms with Gasteiger partial charge in [0.15, 0.2) is 0 Å². The van der Waals surface area contributed by atoms with Crippen molar-refractivity contribution in [2.24, 2.45) is 0 Å². The van der Waals surface area contributed by atoms with Gasteiger partial charge in [-0.2, -0.15) is 0 Å². The summed E-state index contributed by atoms with van der Waals surface area (Å²) < 4.78 is 5.07. The number of hydrogen-bond acceptors (Lipinski definition) is 4. The lowest BCUT2D eigenvalue weighted by molar-refractivity contribution is -0.384. The molecule has 17 heavy (non-hydrogen) atoms. The van der Waals surface area contributed by atoms with E-state index in [0.717, 1.165) is 0 Å². The van der Waals surface area contributed by atoms with Crippen LogP contribution in [0, 0.1) is 10.1 Å². The summed E-state index contributed by atoms with van der Waals surface area (Å²) in [6.07, 6.45) is 0. The van der Waals surface area contributed by atoms with E-state index in [4.69, 9.17) is 16.3 Å². The van der Waals surface area contributed by atoms with Crippen LogP contribution in [0.4, 0.5) is 11.4 Å². The van der Waals surface area contributed by atoms with E-state index in [0.29, 0.717) is 17.3 Å². The van der Waals surface area contributed by atoms with Crippen molar-refractivity contribution in [1.82, 2.24) is 0 Å². The molecule has 0 spiro atoms. The molecule has 94 valence electrons. The number of nitro benzene ring substituents is 1. The summed E-state index contributed by atoms with van der Waals surface area (Å²) in [5, 5.41) is 14.1. The summed E-state index contributed by atoms with van der Waals surface area (Å²) in [5.74, 6) is 0. The molecule has 1 aromatic rings. The summed E-state index contributed by atoms with van der Waals surface area (Å²) in [6, 6.07) is 4.34. The average Bonchev–Trinajstić information content (AvgIpc) is 2.20. The number of non-ortho nitro benzene ring substituents is 1. The highest BCUT2D eigenvalue weighted by Crippen LogP contribution is 2.28. The molecule has 0 aliphatic heterocycles. The summed E-state index contributed by atoms with van der Waals surface area (Å²) in [7, 11) is 1.61. The van der Waals surface area contributed by atoms with Crippen LogP contribution in [0.1, 0.15) is 13.8 Å². The molecule has 1 rings (SSSR count). The van der Waals surface area contributed by atoms with Crippen LogP contribution < -0.4 is 5.32 Å². The fourth-order valence-corrected chi connectivity index (χ4v) is 1.70. The number of nitrogens with zero attached hydrogens (tertiary/aromatic N) is 1. The topological polar surface area (TPSA) is 64.4 Å². The molecule has 0 bridgehead atoms. The van der Waals surface area contributed by atoms with E-state index in [1.807, 2.05) is 13.8 Å². The summed E-state index contributed by atoms with van der Waals surface area (Å²) in [5.41, 5.74) is 0.332. The lowest BCUT2D eigenvalue weighted by Gasteiger charge is -2.27. The lowest BCUT2D eigenvalue weighted by Crippen LogP contribution is -2.35. The molecule has 0 radical (unpaired) electrons. The van der Waals surface area contributed by atoms with Gasteiger partial charge in [-0.25, -0.2) is 0 Å². The molecule has 0 amide bonds. The van der Waals surface area contributed by atoms with Gasteiger partial charge in [0, 0.05) is 19.2 Å². The van der Waals surface area contributed by atoms with Crippen molar-refractivity contribution in [3.8, 4) is 0 Å². The Labute approximate surface area is 105 Å². The first-order valence-corrected chi connectivity index (χ1v) is 5.44. The average molecular weight is 259 g/mol. The van der Waals surface area contributed by atoms with E-state index in [-0.39, 0.29) is 11.2 Å². The van der Waals surface area contributed by atoms with Crippen LogP contribution in [0.25, 0.3) is 0 Å². The van der Waals surface area contributed by atoms with Gasteiger partial charge in [-0.05, 0) is 19.9 Å². The number of hydrogen-bond donors (Lipinski definition) is 1. The summed E-state index contributed by atoms with van der Waals surface area (Å²) >= 11 is 5.97. The Bertz CT molecular complexity index is 421. The fourth-order valence-electron chi connectivity index (χ4n) is 1.48. The SMILES string of the molecule is COCC(C)(C)Nc1ccc([N+](=O)[O-])cc1Cl. The fraction of sp³-hybridized carbons (Fsp3) is 0.455. The van der Waals surface area contributed by atoms with E-state index in [1.165, 1.54) is 12.1 Å². The van der Waals surface area contributed by atoms with Crippen LogP contribution in [0.15, 0.2) is 18.2 Å². The maximum atomic E-state index is 10.6. The van der Waals surface area contributed by atoms with Gasteiger partial charge in [0.1, 0.15) is 0 Å². The monoisotopic (exact) mass is 258 g/mol. The number of rotatable bonds is 5. The quantitative estimate of drug-likeness (QED) is 0.651. The van der Waals surface area contributed by atoms with Gasteiger partial charge in [0.05, 0.1) is 27.8 Å². The third-order valence-corrected chi connectivity index (χ3v) is 2.45. The summed E-state index contributed by atoms with van der Waals surface area (Å²) in [6.45, 7) is 4.41. The highest BCUT2D eigenvalue weighted by atomic mass is 35.5. The first kappa shape index (κ1) is 13.7. The number of anilines is 1. The third-order valence-electron chi connectivity index (χ3n) is 2.14. The van der Waals surface area contributed by atoms with Gasteiger partial charge < -0.3 is 10.1 Å². The lowest BCUT2D eigenvalue weighted by atomic mass is 10.1. The van der Waals surface area contributed by atoms with E-state index in [1.54, 1.807) is 13.2 Å². The van der Waals surface area contributed by atoms with Gasteiger partial charge >= 0.3 is 0 Å². The molecule has 0 aliphatic carbocycles. The van der Waals surface area contributed by atoms with Crippen molar-refractivity contribution in [1.29, 1.82) is 0 Å². The normalized spacial score (nSPS) is 11.3. The molecule has 0 saturated carbocycles. The molecular weight excluding hydrogens is 244 g/mol. The van der Waals surface area contributed by atoms with Crippen molar-refractivity contribution in [3.63, 3.8) is 0 Å². The van der Waals surface area contributed by atoms with Gasteiger partial charge in [-0.1, -0.05) is 11.6 Å². The third kappa shape index (κ3) is 3.87. The molecule has 0 aromatic heterocycles. The second kappa shape index (κ2) is 5.33. The number of nitrogens with one attached hydrogen (secondary N) is 1. The van der Waals surface area contributed by atoms with E-state index >= 15 is 0 Å². The van der Waals surface area contributed by atoms with Crippen LogP contribution in [-0.4, -0.2) is 24.2 Å². The Kier molecular flexibility index (Phi) is 4.31. The second-order valence-corrected chi connectivity index (χ2v) is 4.77. The molecule has 5 nitrogen and oxygen atoms in total. The highest BCUT2D eigenvalue weighted by molar-refractivity contribution is 6.33. The highest BCUT2D eigenvalue weighted by Gasteiger charge is 2.19. The van der Waals surface area contributed by atoms with Gasteiger partial charge in [0.2, 0.25) is 0 Å². The Morgan fingerprint density at radius 3 is 2.65 bits per heavy atom. The van der Waals surface area contributed by atoms with Crippen LogP contribution in [0.5, 0.6) is 0 Å². The van der Waals surface area contributed by atoms with Crippen LogP contribution >= 0.6 is 11.6 Å². The Hall–Kier alpha value is -1.33. The first-order valence-electron chi connectivity index (χ1n) is 5.07. The van der Waals surface area contributed by atoms with Gasteiger partial charge in [-0.3, -0.25) is 10.1 Å². The van der Waals surface area contributed by atoms with Gasteiger partial charge in [0.25, 0.3) is 5.69 Å². The zero-order chi connectivity index (χ0) is 13.1. The maximum absolute atomic E-state index is 10.6. The minimum Gasteiger partial charge on any atom is -0.382 e. The first-order chi connectivity index (χ1) is 7.85. The molecular formula is C11H15ClN2O3. The van der Waals surface area contributed by atoms with Crippen molar-refractivity contribution in [2.45, 2.75) is 19.4 Å². The number of nitro groups is 1. The zero-order valence-electron chi connectivity index (χ0n) is 9.99. The maximum Gasteiger partial charge on any atom is 0.271 e. The molecule has 0 fully saturated rings. The van der Waals surface area contributed by atoms with Crippen molar-refractivity contribution in [2.75, 3.05) is 19.0 Å². The van der Waals surface area contributed by atoms with Crippen LogP contribution in [0.3, 0.4) is 0 Å². The van der Waals surface area contributed by atoms with Crippen LogP contribution in [-0.2, 0) is 4.74 Å². The van der Waals surface area contributed by atoms with E-state index in [2.05, 4.69) is 5.32 Å². The Morgan fingerprint density at radius 2 is 2.18 bits per heavy atom. The molecule has 0 saturated heterocycles. The molecule has 6 heteroatoms. The van der Waals surface area contributed by atoms with E-state index < -0.39 is 4.92 Å². The standard InChI is InChI=1S/C11H15ClN2O3/c1-11(2,7-17-3)13-10-5-4-8(14(15)16)6-9(10)12/h4-6,13H,7H2,1-3H3. The van der Waals surface area contributed by atoms with Crippen LogP contribution in [0.2, 0.25) is 5.02 Å². The summed E-state index contributed by atoms with van der Waals surface area (Å²) in [4.78, 5) is 10.1. The number of ether oxygens (including phenoxy) is 1. The van der Waals surface area contributed by atoms with Crippen molar-refractivity contribution < 1.29 is 9.66 Å². The largest absolute Gasteiger partial charge is 0.382 e. The molecule has 1 aromatic carbocycles. The van der Waals surface area contributed by atoms with E-state index in [9.17, 15) is 10.1 Å². The minimum absolute atomic E-state index is 0.0231. The minimum atomic E-state index is -0.476. The van der Waals surface area contributed by atoms with Crippen molar-refractivity contribution >= 4 is 23.0 Å². The number of halogens is 1. The Morgan fingerprint density at radius 1 is 1.53 bits per heavy atom. The second-order valence-electron chi connectivity index (χ2n) is 4.36. The molecule has 0 atom stereocenters. The predicted molar refractivity (Wildman–Crippen MR) is 67.7 cm³/mol. The molecule has 0 unspecified atom stereocenters. The number of benzene rings is 1. The Balaban J connectivity index is 2.90. The molecule has 0 aliphatic rings. The smallest absolute Gasteiger partial charge is 0.271 e. The van der Waals surface area contributed by atoms with Gasteiger partial charge in [-0.15, -0.1) is 0 Å². The molecule has 0 heterocycles. The van der Waals surface area contributed by atoms with Crippen molar-refractivity contribution in [3.05, 3.63) is 33.3 Å². The predicted octanol–water partition coefficient (Wildman–Crippen LogP) is 3.09.